The summed E-state index contributed by atoms with van der Waals surface area (Å²) >= 11 is 1.67. The molecule has 76 valence electrons. The Bertz CT molecular complexity index is 312. The summed E-state index contributed by atoms with van der Waals surface area (Å²) in [6.07, 6.45) is 4.08. The van der Waals surface area contributed by atoms with Gasteiger partial charge in [-0.2, -0.15) is 0 Å². The molecule has 0 aliphatic rings. The number of nitrogen functional groups attached to an aromatic ring is 1. The molecule has 1 rings (SSSR count). The molecule has 0 fully saturated rings. The average Bonchev–Trinajstić information content (AvgIpc) is 2.19. The molecule has 0 spiro atoms. The molecule has 4 heteroatoms. The number of hydrogen-bond acceptors (Lipinski definition) is 3. The molecule has 0 radical (unpaired) electrons. The van der Waals surface area contributed by atoms with E-state index in [0.717, 1.165) is 16.3 Å². The minimum Gasteiger partial charge on any atom is -0.384 e. The standard InChI is InChI=1S/C10H15N3S/c1-2-3-7-14-10-8(9(11)12)5-4-6-13-10/h4-6H,2-3,7H2,1H3,(H3,11,12). The zero-order valence-corrected chi connectivity index (χ0v) is 9.10. The lowest BCUT2D eigenvalue weighted by molar-refractivity contribution is 0.894. The number of nitrogens with zero attached hydrogens (tertiary/aromatic N) is 1. The van der Waals surface area contributed by atoms with E-state index in [1.165, 1.54) is 12.8 Å². The first-order valence-corrected chi connectivity index (χ1v) is 5.66. The quantitative estimate of drug-likeness (QED) is 0.338. The molecule has 0 unspecified atom stereocenters. The van der Waals surface area contributed by atoms with Crippen LogP contribution in [0, 0.1) is 5.41 Å². The molecule has 0 saturated heterocycles. The van der Waals surface area contributed by atoms with Crippen LogP contribution >= 0.6 is 11.8 Å². The summed E-state index contributed by atoms with van der Waals surface area (Å²) in [5.41, 5.74) is 6.19. The van der Waals surface area contributed by atoms with Crippen molar-refractivity contribution >= 4 is 17.6 Å². The van der Waals surface area contributed by atoms with Crippen molar-refractivity contribution in [2.45, 2.75) is 24.8 Å². The lowest BCUT2D eigenvalue weighted by atomic mass is 10.3. The Morgan fingerprint density at radius 3 is 3.07 bits per heavy atom. The minimum absolute atomic E-state index is 0.0945. The molecular formula is C10H15N3S. The van der Waals surface area contributed by atoms with Crippen molar-refractivity contribution in [2.75, 3.05) is 5.75 Å². The lowest BCUT2D eigenvalue weighted by Gasteiger charge is -2.05. The van der Waals surface area contributed by atoms with Gasteiger partial charge in [-0.25, -0.2) is 4.98 Å². The number of rotatable bonds is 5. The van der Waals surface area contributed by atoms with Gasteiger partial charge >= 0.3 is 0 Å². The van der Waals surface area contributed by atoms with Gasteiger partial charge in [0.1, 0.15) is 10.9 Å². The number of nitrogens with one attached hydrogen (secondary N) is 1. The van der Waals surface area contributed by atoms with Gasteiger partial charge in [0, 0.05) is 11.8 Å². The van der Waals surface area contributed by atoms with E-state index < -0.39 is 0 Å². The van der Waals surface area contributed by atoms with Crippen molar-refractivity contribution < 1.29 is 0 Å². The largest absolute Gasteiger partial charge is 0.384 e. The molecule has 0 aliphatic heterocycles. The van der Waals surface area contributed by atoms with E-state index in [4.69, 9.17) is 11.1 Å². The maximum atomic E-state index is 7.38. The zero-order valence-electron chi connectivity index (χ0n) is 8.29. The smallest absolute Gasteiger partial charge is 0.125 e. The van der Waals surface area contributed by atoms with Crippen LogP contribution in [0.4, 0.5) is 0 Å². The predicted octanol–water partition coefficient (Wildman–Crippen LogP) is 2.26. The molecule has 1 heterocycles. The van der Waals surface area contributed by atoms with Gasteiger partial charge in [-0.15, -0.1) is 11.8 Å². The third-order valence-corrected chi connectivity index (χ3v) is 2.89. The second-order valence-electron chi connectivity index (χ2n) is 2.97. The van der Waals surface area contributed by atoms with Crippen LogP contribution in [-0.2, 0) is 0 Å². The van der Waals surface area contributed by atoms with E-state index in [2.05, 4.69) is 11.9 Å². The molecule has 1 aromatic rings. The van der Waals surface area contributed by atoms with Crippen LogP contribution in [0.3, 0.4) is 0 Å². The van der Waals surface area contributed by atoms with E-state index in [1.54, 1.807) is 24.0 Å². The Balaban J connectivity index is 2.69. The molecule has 3 N–H and O–H groups in total. The molecular weight excluding hydrogens is 194 g/mol. The Hall–Kier alpha value is -1.03. The summed E-state index contributed by atoms with van der Waals surface area (Å²) in [6.45, 7) is 2.16. The molecule has 1 aromatic heterocycles. The zero-order chi connectivity index (χ0) is 10.4. The second-order valence-corrected chi connectivity index (χ2v) is 4.06. The van der Waals surface area contributed by atoms with E-state index in [0.29, 0.717) is 0 Å². The summed E-state index contributed by atoms with van der Waals surface area (Å²) in [4.78, 5) is 4.21. The Morgan fingerprint density at radius 2 is 2.43 bits per heavy atom. The Labute approximate surface area is 88.6 Å². The summed E-state index contributed by atoms with van der Waals surface area (Å²) in [6, 6.07) is 3.64. The van der Waals surface area contributed by atoms with Crippen LogP contribution in [0.25, 0.3) is 0 Å². The summed E-state index contributed by atoms with van der Waals surface area (Å²) in [5.74, 6) is 1.13. The van der Waals surface area contributed by atoms with Crippen LogP contribution in [0.15, 0.2) is 23.4 Å². The monoisotopic (exact) mass is 209 g/mol. The lowest BCUT2D eigenvalue weighted by Crippen LogP contribution is -2.12. The van der Waals surface area contributed by atoms with Crippen LogP contribution in [0.5, 0.6) is 0 Å². The molecule has 0 aromatic carbocycles. The first kappa shape index (κ1) is 11.0. The summed E-state index contributed by atoms with van der Waals surface area (Å²) in [5, 5.41) is 8.25. The van der Waals surface area contributed by atoms with Crippen molar-refractivity contribution in [3.63, 3.8) is 0 Å². The van der Waals surface area contributed by atoms with Gasteiger partial charge in [-0.3, -0.25) is 5.41 Å². The molecule has 0 bridgehead atoms. The Morgan fingerprint density at radius 1 is 1.64 bits per heavy atom. The molecule has 3 nitrogen and oxygen atoms in total. The van der Waals surface area contributed by atoms with Crippen LogP contribution in [0.2, 0.25) is 0 Å². The average molecular weight is 209 g/mol. The molecule has 14 heavy (non-hydrogen) atoms. The number of thioether (sulfide) groups is 1. The van der Waals surface area contributed by atoms with Crippen LogP contribution < -0.4 is 5.73 Å². The van der Waals surface area contributed by atoms with Crippen LogP contribution in [0.1, 0.15) is 25.3 Å². The molecule has 0 amide bonds. The van der Waals surface area contributed by atoms with E-state index in [1.807, 2.05) is 6.07 Å². The highest BCUT2D eigenvalue weighted by Crippen LogP contribution is 2.20. The van der Waals surface area contributed by atoms with Crippen molar-refractivity contribution in [2.24, 2.45) is 5.73 Å². The third kappa shape index (κ3) is 3.03. The summed E-state index contributed by atoms with van der Waals surface area (Å²) < 4.78 is 0. The highest BCUT2D eigenvalue weighted by Gasteiger charge is 2.05. The second kappa shape index (κ2) is 5.65. The van der Waals surface area contributed by atoms with Crippen molar-refractivity contribution in [1.82, 2.24) is 4.98 Å². The van der Waals surface area contributed by atoms with Gasteiger partial charge in [0.2, 0.25) is 0 Å². The number of aromatic nitrogens is 1. The number of nitrogens with two attached hydrogens (primary N) is 1. The molecule has 0 atom stereocenters. The topological polar surface area (TPSA) is 62.8 Å². The van der Waals surface area contributed by atoms with Gasteiger partial charge in [-0.1, -0.05) is 13.3 Å². The summed E-state index contributed by atoms with van der Waals surface area (Å²) in [7, 11) is 0. The third-order valence-electron chi connectivity index (χ3n) is 1.80. The first-order valence-electron chi connectivity index (χ1n) is 4.68. The first-order chi connectivity index (χ1) is 6.75. The van der Waals surface area contributed by atoms with Gasteiger partial charge in [0.25, 0.3) is 0 Å². The number of pyridine rings is 1. The number of hydrogen-bond donors (Lipinski definition) is 2. The minimum atomic E-state index is 0.0945. The maximum absolute atomic E-state index is 7.38. The highest BCUT2D eigenvalue weighted by molar-refractivity contribution is 7.99. The van der Waals surface area contributed by atoms with E-state index in [-0.39, 0.29) is 5.84 Å². The van der Waals surface area contributed by atoms with Gasteiger partial charge in [0.15, 0.2) is 0 Å². The number of unbranched alkanes of at least 4 members (excludes halogenated alkanes) is 1. The van der Waals surface area contributed by atoms with Gasteiger partial charge in [-0.05, 0) is 24.3 Å². The fraction of sp³-hybridized carbons (Fsp3) is 0.400. The predicted molar refractivity (Wildman–Crippen MR) is 60.9 cm³/mol. The fourth-order valence-corrected chi connectivity index (χ4v) is 2.12. The molecule has 0 aliphatic carbocycles. The van der Waals surface area contributed by atoms with Crippen LogP contribution in [-0.4, -0.2) is 16.6 Å². The number of amidine groups is 1. The van der Waals surface area contributed by atoms with Crippen molar-refractivity contribution in [1.29, 1.82) is 5.41 Å². The highest BCUT2D eigenvalue weighted by atomic mass is 32.2. The SMILES string of the molecule is CCCCSc1ncccc1C(=N)N. The van der Waals surface area contributed by atoms with E-state index in [9.17, 15) is 0 Å². The normalized spacial score (nSPS) is 10.1. The van der Waals surface area contributed by atoms with Crippen molar-refractivity contribution in [3.05, 3.63) is 23.9 Å². The molecule has 0 saturated carbocycles. The maximum Gasteiger partial charge on any atom is 0.125 e. The van der Waals surface area contributed by atoms with Crippen molar-refractivity contribution in [3.8, 4) is 0 Å². The van der Waals surface area contributed by atoms with Gasteiger partial charge < -0.3 is 5.73 Å². The van der Waals surface area contributed by atoms with E-state index >= 15 is 0 Å². The van der Waals surface area contributed by atoms with Gasteiger partial charge in [0.05, 0.1) is 0 Å². The Kier molecular flexibility index (Phi) is 4.46. The fourth-order valence-electron chi connectivity index (χ4n) is 1.02.